The largest absolute Gasteiger partial charge is 0.454 e. The van der Waals surface area contributed by atoms with Gasteiger partial charge in [-0.15, -0.1) is 0 Å². The lowest BCUT2D eigenvalue weighted by Gasteiger charge is -2.20. The highest BCUT2D eigenvalue weighted by Gasteiger charge is 2.42. The Morgan fingerprint density at radius 3 is 2.38 bits per heavy atom. The van der Waals surface area contributed by atoms with Crippen LogP contribution in [0.1, 0.15) is 24.0 Å². The van der Waals surface area contributed by atoms with Gasteiger partial charge in [-0.1, -0.05) is 18.2 Å². The van der Waals surface area contributed by atoms with Gasteiger partial charge < -0.3 is 14.4 Å². The first-order valence-electron chi connectivity index (χ1n) is 9.62. The number of hydrogen-bond donors (Lipinski definition) is 0. The molecule has 3 aliphatic rings. The summed E-state index contributed by atoms with van der Waals surface area (Å²) >= 11 is 0. The molecular formula is C22H19FN2O4. The number of nitrogens with zero attached hydrogens (tertiary/aromatic N) is 2. The second kappa shape index (κ2) is 6.92. The Morgan fingerprint density at radius 1 is 0.897 bits per heavy atom. The van der Waals surface area contributed by atoms with E-state index in [-0.39, 0.29) is 31.0 Å². The van der Waals surface area contributed by atoms with Crippen LogP contribution < -0.4 is 9.47 Å². The van der Waals surface area contributed by atoms with Crippen LogP contribution in [-0.2, 0) is 16.1 Å². The maximum Gasteiger partial charge on any atom is 0.278 e. The molecule has 2 aromatic rings. The van der Waals surface area contributed by atoms with Crippen molar-refractivity contribution in [3.05, 3.63) is 65.1 Å². The van der Waals surface area contributed by atoms with Crippen LogP contribution in [0.5, 0.6) is 11.5 Å². The first-order chi connectivity index (χ1) is 14.1. The van der Waals surface area contributed by atoms with Gasteiger partial charge in [0.15, 0.2) is 11.5 Å². The summed E-state index contributed by atoms with van der Waals surface area (Å²) in [6.45, 7) is 1.76. The van der Waals surface area contributed by atoms with E-state index in [2.05, 4.69) is 0 Å². The molecule has 0 saturated carbocycles. The van der Waals surface area contributed by atoms with Crippen molar-refractivity contribution in [3.63, 3.8) is 0 Å². The smallest absolute Gasteiger partial charge is 0.278 e. The molecule has 0 aromatic heterocycles. The number of fused-ring (bicyclic) bond motifs is 1. The first-order valence-corrected chi connectivity index (χ1v) is 9.62. The summed E-state index contributed by atoms with van der Waals surface area (Å²) in [7, 11) is 0. The molecule has 0 bridgehead atoms. The van der Waals surface area contributed by atoms with E-state index in [4.69, 9.17) is 9.47 Å². The van der Waals surface area contributed by atoms with E-state index in [0.29, 0.717) is 28.3 Å². The molecule has 0 radical (unpaired) electrons. The molecule has 2 amide bonds. The molecule has 0 N–H and O–H groups in total. The molecule has 1 saturated heterocycles. The van der Waals surface area contributed by atoms with Crippen molar-refractivity contribution in [2.24, 2.45) is 0 Å². The summed E-state index contributed by atoms with van der Waals surface area (Å²) in [5, 5.41) is 0. The highest BCUT2D eigenvalue weighted by molar-refractivity contribution is 6.35. The summed E-state index contributed by atoms with van der Waals surface area (Å²) in [6.07, 6.45) is 1.95. The zero-order valence-corrected chi connectivity index (χ0v) is 15.7. The molecule has 3 aliphatic heterocycles. The van der Waals surface area contributed by atoms with E-state index in [9.17, 15) is 14.0 Å². The van der Waals surface area contributed by atoms with Crippen molar-refractivity contribution in [1.29, 1.82) is 0 Å². The number of carbonyl (C=O) groups excluding carboxylic acids is 2. The quantitative estimate of drug-likeness (QED) is 0.747. The zero-order valence-electron chi connectivity index (χ0n) is 15.7. The van der Waals surface area contributed by atoms with Crippen LogP contribution in [0, 0.1) is 5.82 Å². The van der Waals surface area contributed by atoms with Gasteiger partial charge >= 0.3 is 0 Å². The van der Waals surface area contributed by atoms with Crippen molar-refractivity contribution in [3.8, 4) is 11.5 Å². The average molecular weight is 394 g/mol. The van der Waals surface area contributed by atoms with Gasteiger partial charge in [0.2, 0.25) is 6.79 Å². The molecule has 2 aromatic carbocycles. The van der Waals surface area contributed by atoms with E-state index in [1.807, 2.05) is 11.0 Å². The average Bonchev–Trinajstić information content (AvgIpc) is 3.45. The van der Waals surface area contributed by atoms with Crippen LogP contribution >= 0.6 is 0 Å². The predicted molar refractivity (Wildman–Crippen MR) is 102 cm³/mol. The third-order valence-corrected chi connectivity index (χ3v) is 5.48. The standard InChI is InChI=1S/C22H19FN2O4/c23-16-6-4-15(5-7-16)19-20(24-9-1-2-10-24)22(27)25(21(19)26)12-14-3-8-17-18(11-14)29-13-28-17/h3-8,11H,1-2,9-10,12-13H2. The van der Waals surface area contributed by atoms with Gasteiger partial charge in [-0.3, -0.25) is 14.5 Å². The van der Waals surface area contributed by atoms with Crippen LogP contribution in [0.4, 0.5) is 4.39 Å². The fourth-order valence-electron chi connectivity index (χ4n) is 4.04. The molecule has 0 unspecified atom stereocenters. The monoisotopic (exact) mass is 394 g/mol. The Morgan fingerprint density at radius 2 is 1.62 bits per heavy atom. The Balaban J connectivity index is 1.50. The molecule has 0 aliphatic carbocycles. The third kappa shape index (κ3) is 3.03. The minimum atomic E-state index is -0.383. The van der Waals surface area contributed by atoms with Gasteiger partial charge in [-0.2, -0.15) is 0 Å². The molecule has 1 fully saturated rings. The van der Waals surface area contributed by atoms with Gasteiger partial charge in [0.05, 0.1) is 12.1 Å². The van der Waals surface area contributed by atoms with Crippen molar-refractivity contribution < 1.29 is 23.5 Å². The maximum atomic E-state index is 13.4. The second-order valence-corrected chi connectivity index (χ2v) is 7.31. The second-order valence-electron chi connectivity index (χ2n) is 7.31. The van der Waals surface area contributed by atoms with Crippen LogP contribution in [-0.4, -0.2) is 41.5 Å². The summed E-state index contributed by atoms with van der Waals surface area (Å²) in [6, 6.07) is 11.1. The number of benzene rings is 2. The number of carbonyl (C=O) groups is 2. The fraction of sp³-hybridized carbons (Fsp3) is 0.273. The normalized spacial score (nSPS) is 18.4. The molecule has 5 rings (SSSR count). The van der Waals surface area contributed by atoms with Crippen molar-refractivity contribution in [1.82, 2.24) is 9.80 Å². The molecule has 6 nitrogen and oxygen atoms in total. The number of imide groups is 1. The Bertz CT molecular complexity index is 1030. The topological polar surface area (TPSA) is 59.1 Å². The third-order valence-electron chi connectivity index (χ3n) is 5.48. The van der Waals surface area contributed by atoms with Crippen molar-refractivity contribution in [2.75, 3.05) is 19.9 Å². The molecular weight excluding hydrogens is 375 g/mol. The Kier molecular flexibility index (Phi) is 4.23. The number of ether oxygens (including phenoxy) is 2. The number of amides is 2. The predicted octanol–water partition coefficient (Wildman–Crippen LogP) is 2.93. The SMILES string of the molecule is O=C1C(c2ccc(F)cc2)=C(N2CCCC2)C(=O)N1Cc1ccc2c(c1)OCO2. The summed E-state index contributed by atoms with van der Waals surface area (Å²) in [5.41, 5.74) is 2.09. The minimum absolute atomic E-state index is 0.135. The van der Waals surface area contributed by atoms with Gasteiger partial charge in [0, 0.05) is 13.1 Å². The fourth-order valence-corrected chi connectivity index (χ4v) is 4.04. The first kappa shape index (κ1) is 17.7. The van der Waals surface area contributed by atoms with Gasteiger partial charge in [0.25, 0.3) is 11.8 Å². The molecule has 0 atom stereocenters. The Labute approximate surface area is 167 Å². The molecule has 29 heavy (non-hydrogen) atoms. The highest BCUT2D eigenvalue weighted by Crippen LogP contribution is 2.36. The number of halogens is 1. The van der Waals surface area contributed by atoms with Crippen LogP contribution in [0.2, 0.25) is 0 Å². The van der Waals surface area contributed by atoms with E-state index in [0.717, 1.165) is 31.5 Å². The lowest BCUT2D eigenvalue weighted by atomic mass is 10.0. The maximum absolute atomic E-state index is 13.4. The van der Waals surface area contributed by atoms with Gasteiger partial charge in [-0.05, 0) is 48.2 Å². The van der Waals surface area contributed by atoms with Gasteiger partial charge in [0.1, 0.15) is 11.5 Å². The number of hydrogen-bond acceptors (Lipinski definition) is 5. The van der Waals surface area contributed by atoms with Gasteiger partial charge in [-0.25, -0.2) is 4.39 Å². The van der Waals surface area contributed by atoms with Crippen LogP contribution in [0.25, 0.3) is 5.57 Å². The molecule has 3 heterocycles. The van der Waals surface area contributed by atoms with E-state index in [1.54, 1.807) is 24.3 Å². The minimum Gasteiger partial charge on any atom is -0.454 e. The Hall–Kier alpha value is -3.35. The zero-order chi connectivity index (χ0) is 20.0. The lowest BCUT2D eigenvalue weighted by molar-refractivity contribution is -0.138. The number of likely N-dealkylation sites (tertiary alicyclic amines) is 1. The van der Waals surface area contributed by atoms with E-state index in [1.165, 1.54) is 17.0 Å². The summed E-state index contributed by atoms with van der Waals surface area (Å²) in [4.78, 5) is 29.8. The molecule has 148 valence electrons. The summed E-state index contributed by atoms with van der Waals surface area (Å²) in [5.74, 6) is 0.199. The lowest BCUT2D eigenvalue weighted by Crippen LogP contribution is -2.34. The summed E-state index contributed by atoms with van der Waals surface area (Å²) < 4.78 is 24.1. The highest BCUT2D eigenvalue weighted by atomic mass is 19.1. The van der Waals surface area contributed by atoms with E-state index >= 15 is 0 Å². The van der Waals surface area contributed by atoms with Crippen molar-refractivity contribution in [2.45, 2.75) is 19.4 Å². The molecule has 0 spiro atoms. The van der Waals surface area contributed by atoms with Crippen LogP contribution in [0.3, 0.4) is 0 Å². The van der Waals surface area contributed by atoms with Crippen molar-refractivity contribution >= 4 is 17.4 Å². The molecule has 7 heteroatoms. The van der Waals surface area contributed by atoms with E-state index < -0.39 is 0 Å². The number of rotatable bonds is 4. The van der Waals surface area contributed by atoms with Crippen LogP contribution in [0.15, 0.2) is 48.2 Å².